The molecule has 3 heteroatoms. The molecular weight excluding hydrogens is 256 g/mol. The van der Waals surface area contributed by atoms with E-state index in [2.05, 4.69) is 22.9 Å². The van der Waals surface area contributed by atoms with Gasteiger partial charge < -0.3 is 4.74 Å². The number of rotatable bonds is 5. The molecule has 0 saturated heterocycles. The zero-order chi connectivity index (χ0) is 11.3. The maximum Gasteiger partial charge on any atom is 0.147 e. The van der Waals surface area contributed by atoms with Crippen molar-refractivity contribution < 1.29 is 9.53 Å². The van der Waals surface area contributed by atoms with Gasteiger partial charge in [-0.25, -0.2) is 0 Å². The van der Waals surface area contributed by atoms with E-state index >= 15 is 0 Å². The Bertz CT molecular complexity index is 347. The number of carbonyl (C=O) groups excluding carboxylic acids is 1. The topological polar surface area (TPSA) is 26.3 Å². The Hall–Kier alpha value is -0.830. The maximum absolute atomic E-state index is 11.3. The van der Waals surface area contributed by atoms with Crippen LogP contribution in [0.25, 0.3) is 0 Å². The van der Waals surface area contributed by atoms with Gasteiger partial charge in [-0.15, -0.1) is 0 Å². The van der Waals surface area contributed by atoms with Gasteiger partial charge in [0.2, 0.25) is 0 Å². The second-order valence-corrected chi connectivity index (χ2v) is 3.91. The van der Waals surface area contributed by atoms with Crippen LogP contribution >= 0.6 is 15.9 Å². The summed E-state index contributed by atoms with van der Waals surface area (Å²) in [5.41, 5.74) is 2.18. The van der Waals surface area contributed by atoms with Gasteiger partial charge in [0.05, 0.1) is 12.4 Å². The Morgan fingerprint density at radius 1 is 1.47 bits per heavy atom. The van der Waals surface area contributed by atoms with E-state index in [0.29, 0.717) is 11.8 Å². The third-order valence-corrected chi connectivity index (χ3v) is 2.92. The van der Waals surface area contributed by atoms with Crippen LogP contribution in [-0.2, 0) is 17.6 Å². The molecule has 15 heavy (non-hydrogen) atoms. The predicted molar refractivity (Wildman–Crippen MR) is 64.9 cm³/mol. The molecule has 0 heterocycles. The lowest BCUT2D eigenvalue weighted by Gasteiger charge is -2.08. The lowest BCUT2D eigenvalue weighted by Crippen LogP contribution is -2.05. The van der Waals surface area contributed by atoms with Crippen molar-refractivity contribution in [3.05, 3.63) is 29.3 Å². The summed E-state index contributed by atoms with van der Waals surface area (Å²) >= 11 is 3.16. The highest BCUT2D eigenvalue weighted by molar-refractivity contribution is 9.09. The predicted octanol–water partition coefficient (Wildman–Crippen LogP) is 2.76. The van der Waals surface area contributed by atoms with Crippen LogP contribution in [0.2, 0.25) is 0 Å². The van der Waals surface area contributed by atoms with E-state index < -0.39 is 0 Å². The molecule has 82 valence electrons. The first-order valence-electron chi connectivity index (χ1n) is 4.94. The largest absolute Gasteiger partial charge is 0.496 e. The Balaban J connectivity index is 2.92. The maximum atomic E-state index is 11.3. The molecule has 0 aliphatic heterocycles. The number of hydrogen-bond acceptors (Lipinski definition) is 2. The Morgan fingerprint density at radius 3 is 2.73 bits per heavy atom. The number of halogens is 1. The summed E-state index contributed by atoms with van der Waals surface area (Å²) in [5, 5.41) is 0.395. The van der Waals surface area contributed by atoms with Crippen molar-refractivity contribution in [2.24, 2.45) is 0 Å². The van der Waals surface area contributed by atoms with E-state index in [4.69, 9.17) is 4.74 Å². The van der Waals surface area contributed by atoms with E-state index in [1.807, 2.05) is 18.2 Å². The molecule has 0 N–H and O–H groups in total. The summed E-state index contributed by atoms with van der Waals surface area (Å²) < 4.78 is 5.27. The summed E-state index contributed by atoms with van der Waals surface area (Å²) in [6, 6.07) is 6.01. The molecular formula is C12H15BrO2. The van der Waals surface area contributed by atoms with Crippen molar-refractivity contribution in [2.45, 2.75) is 19.8 Å². The normalized spacial score (nSPS) is 10.1. The van der Waals surface area contributed by atoms with Crippen LogP contribution < -0.4 is 4.74 Å². The Morgan fingerprint density at radius 2 is 2.20 bits per heavy atom. The third-order valence-electron chi connectivity index (χ3n) is 2.30. The van der Waals surface area contributed by atoms with Crippen LogP contribution in [0.15, 0.2) is 18.2 Å². The molecule has 0 saturated carbocycles. The average molecular weight is 271 g/mol. The molecule has 0 fully saturated rings. The van der Waals surface area contributed by atoms with E-state index in [0.717, 1.165) is 17.7 Å². The zero-order valence-electron chi connectivity index (χ0n) is 9.05. The van der Waals surface area contributed by atoms with Gasteiger partial charge in [-0.3, -0.25) is 4.79 Å². The van der Waals surface area contributed by atoms with E-state index in [-0.39, 0.29) is 5.78 Å². The summed E-state index contributed by atoms with van der Waals surface area (Å²) in [4.78, 5) is 11.3. The van der Waals surface area contributed by atoms with Crippen LogP contribution in [0.3, 0.4) is 0 Å². The Kier molecular flexibility index (Phi) is 4.82. The monoisotopic (exact) mass is 270 g/mol. The van der Waals surface area contributed by atoms with Crippen molar-refractivity contribution in [1.29, 1.82) is 0 Å². The van der Waals surface area contributed by atoms with Crippen LogP contribution in [0, 0.1) is 0 Å². The highest BCUT2D eigenvalue weighted by atomic mass is 79.9. The number of hydrogen-bond donors (Lipinski definition) is 0. The molecule has 0 radical (unpaired) electrons. The molecule has 1 aromatic rings. The van der Waals surface area contributed by atoms with Gasteiger partial charge in [-0.05, 0) is 18.1 Å². The standard InChI is InChI=1S/C12H15BrO2/c1-3-9-4-5-10(7-11(14)8-13)12(6-9)15-2/h4-6H,3,7-8H2,1-2H3. The van der Waals surface area contributed by atoms with E-state index in [1.54, 1.807) is 7.11 Å². The summed E-state index contributed by atoms with van der Waals surface area (Å²) in [7, 11) is 1.64. The van der Waals surface area contributed by atoms with Crippen molar-refractivity contribution >= 4 is 21.7 Å². The fraction of sp³-hybridized carbons (Fsp3) is 0.417. The molecule has 1 rings (SSSR count). The number of alkyl halides is 1. The van der Waals surface area contributed by atoms with Crippen LogP contribution in [0.4, 0.5) is 0 Å². The molecule has 0 bridgehead atoms. The lowest BCUT2D eigenvalue weighted by atomic mass is 10.0. The molecule has 0 aliphatic carbocycles. The smallest absolute Gasteiger partial charge is 0.147 e. The number of carbonyl (C=O) groups is 1. The highest BCUT2D eigenvalue weighted by Crippen LogP contribution is 2.21. The number of ketones is 1. The van der Waals surface area contributed by atoms with Crippen molar-refractivity contribution in [2.75, 3.05) is 12.4 Å². The number of benzene rings is 1. The van der Waals surface area contributed by atoms with Crippen LogP contribution in [0.5, 0.6) is 5.75 Å². The summed E-state index contributed by atoms with van der Waals surface area (Å²) in [6.07, 6.45) is 1.40. The number of ether oxygens (including phenoxy) is 1. The van der Waals surface area contributed by atoms with Gasteiger partial charge in [-0.1, -0.05) is 35.0 Å². The first-order chi connectivity index (χ1) is 7.21. The van der Waals surface area contributed by atoms with E-state index in [1.165, 1.54) is 5.56 Å². The van der Waals surface area contributed by atoms with Crippen LogP contribution in [0.1, 0.15) is 18.1 Å². The third kappa shape index (κ3) is 3.34. The molecule has 2 nitrogen and oxygen atoms in total. The molecule has 0 amide bonds. The molecule has 0 unspecified atom stereocenters. The molecule has 1 aromatic carbocycles. The minimum atomic E-state index is 0.164. The molecule has 0 spiro atoms. The lowest BCUT2D eigenvalue weighted by molar-refractivity contribution is -0.115. The summed E-state index contributed by atoms with van der Waals surface area (Å²) in [6.45, 7) is 2.10. The van der Waals surface area contributed by atoms with Gasteiger partial charge >= 0.3 is 0 Å². The second-order valence-electron chi connectivity index (χ2n) is 3.35. The van der Waals surface area contributed by atoms with Gasteiger partial charge in [0.1, 0.15) is 11.5 Å². The number of methoxy groups -OCH3 is 1. The number of Topliss-reactive ketones (excluding diaryl/α,β-unsaturated/α-hetero) is 1. The quantitative estimate of drug-likeness (QED) is 0.770. The fourth-order valence-electron chi connectivity index (χ4n) is 1.41. The minimum Gasteiger partial charge on any atom is -0.496 e. The summed E-state index contributed by atoms with van der Waals surface area (Å²) in [5.74, 6) is 0.973. The zero-order valence-corrected chi connectivity index (χ0v) is 10.6. The van der Waals surface area contributed by atoms with Gasteiger partial charge in [0, 0.05) is 12.0 Å². The fourth-order valence-corrected chi connectivity index (χ4v) is 1.61. The first-order valence-corrected chi connectivity index (χ1v) is 6.06. The highest BCUT2D eigenvalue weighted by Gasteiger charge is 2.08. The molecule has 0 atom stereocenters. The SMILES string of the molecule is CCc1ccc(CC(=O)CBr)c(OC)c1. The van der Waals surface area contributed by atoms with Crippen molar-refractivity contribution in [3.63, 3.8) is 0 Å². The Labute approximate surface area is 98.8 Å². The van der Waals surface area contributed by atoms with Crippen molar-refractivity contribution in [3.8, 4) is 5.75 Å². The first kappa shape index (κ1) is 12.2. The number of aryl methyl sites for hydroxylation is 1. The van der Waals surface area contributed by atoms with Crippen LogP contribution in [-0.4, -0.2) is 18.2 Å². The van der Waals surface area contributed by atoms with Crippen molar-refractivity contribution in [1.82, 2.24) is 0 Å². The second kappa shape index (κ2) is 5.91. The molecule has 0 aromatic heterocycles. The van der Waals surface area contributed by atoms with Gasteiger partial charge in [0.15, 0.2) is 0 Å². The molecule has 0 aliphatic rings. The van der Waals surface area contributed by atoms with E-state index in [9.17, 15) is 4.79 Å². The minimum absolute atomic E-state index is 0.164. The average Bonchev–Trinajstić information content (AvgIpc) is 2.29. The van der Waals surface area contributed by atoms with Gasteiger partial charge in [-0.2, -0.15) is 0 Å². The van der Waals surface area contributed by atoms with Gasteiger partial charge in [0.25, 0.3) is 0 Å².